The van der Waals surface area contributed by atoms with E-state index in [1.807, 2.05) is 0 Å². The van der Waals surface area contributed by atoms with Gasteiger partial charge in [0.05, 0.1) is 6.10 Å². The largest absolute Gasteiger partial charge is 0.391 e. The highest BCUT2D eigenvalue weighted by Gasteiger charge is 2.50. The third-order valence-corrected chi connectivity index (χ3v) is 2.26. The quantitative estimate of drug-likeness (QED) is 0.360. The van der Waals surface area contributed by atoms with Crippen molar-refractivity contribution in [3.05, 3.63) is 20.2 Å². The Balaban J connectivity index is 2.84. The smallest absolute Gasteiger partial charge is 0.297 e. The lowest BCUT2D eigenvalue weighted by Crippen LogP contribution is -2.56. The molecule has 0 aliphatic heterocycles. The first-order valence-corrected chi connectivity index (χ1v) is 4.40. The van der Waals surface area contributed by atoms with E-state index in [2.05, 4.69) is 9.68 Å². The van der Waals surface area contributed by atoms with Crippen molar-refractivity contribution in [2.24, 2.45) is 0 Å². The molecule has 10 nitrogen and oxygen atoms in total. The highest BCUT2D eigenvalue weighted by molar-refractivity contribution is 4.88. The maximum Gasteiger partial charge on any atom is 0.297 e. The van der Waals surface area contributed by atoms with Crippen molar-refractivity contribution in [3.63, 3.8) is 0 Å². The molecule has 3 atom stereocenters. The molecule has 92 valence electrons. The second-order valence-corrected chi connectivity index (χ2v) is 3.37. The molecular weight excluding hydrogens is 228 g/mol. The first kappa shape index (κ1) is 12.4. The predicted molar refractivity (Wildman–Crippen MR) is 44.8 cm³/mol. The van der Waals surface area contributed by atoms with Crippen LogP contribution in [0.15, 0.2) is 0 Å². The van der Waals surface area contributed by atoms with E-state index >= 15 is 0 Å². The molecule has 0 amide bonds. The minimum Gasteiger partial charge on any atom is -0.391 e. The molecule has 0 radical (unpaired) electrons. The van der Waals surface area contributed by atoms with Crippen molar-refractivity contribution in [1.82, 2.24) is 0 Å². The van der Waals surface area contributed by atoms with Crippen molar-refractivity contribution in [2.75, 3.05) is 0 Å². The summed E-state index contributed by atoms with van der Waals surface area (Å²) in [4.78, 5) is 28.2. The Hall–Kier alpha value is -1.68. The summed E-state index contributed by atoms with van der Waals surface area (Å²) in [5, 5.41) is 36.8. The van der Waals surface area contributed by atoms with E-state index in [0.29, 0.717) is 0 Å². The minimum atomic E-state index is -2.49. The van der Waals surface area contributed by atoms with Crippen LogP contribution in [-0.2, 0) is 9.68 Å². The Bertz CT molecular complexity index is 296. The third kappa shape index (κ3) is 2.67. The highest BCUT2D eigenvalue weighted by atomic mass is 17.0. The summed E-state index contributed by atoms with van der Waals surface area (Å²) in [5.41, 5.74) is 0. The van der Waals surface area contributed by atoms with Gasteiger partial charge in [-0.3, -0.25) is 4.84 Å². The Morgan fingerprint density at radius 1 is 1.31 bits per heavy atom. The van der Waals surface area contributed by atoms with E-state index in [1.165, 1.54) is 0 Å². The molecule has 0 bridgehead atoms. The molecule has 16 heavy (non-hydrogen) atoms. The zero-order valence-corrected chi connectivity index (χ0v) is 8.01. The fourth-order valence-electron chi connectivity index (χ4n) is 1.63. The lowest BCUT2D eigenvalue weighted by atomic mass is 9.89. The fraction of sp³-hybridized carbons (Fsp3) is 1.00. The van der Waals surface area contributed by atoms with Gasteiger partial charge in [0.2, 0.25) is 5.79 Å². The highest BCUT2D eigenvalue weighted by Crippen LogP contribution is 2.32. The van der Waals surface area contributed by atoms with Gasteiger partial charge in [-0.1, -0.05) is 0 Å². The van der Waals surface area contributed by atoms with E-state index in [-0.39, 0.29) is 19.3 Å². The number of hydrogen-bond donors (Lipinski definition) is 2. The van der Waals surface area contributed by atoms with Crippen molar-refractivity contribution >= 4 is 0 Å². The van der Waals surface area contributed by atoms with Gasteiger partial charge in [-0.2, -0.15) is 0 Å². The van der Waals surface area contributed by atoms with Crippen molar-refractivity contribution in [3.8, 4) is 0 Å². The van der Waals surface area contributed by atoms with Gasteiger partial charge in [-0.15, -0.1) is 20.2 Å². The monoisotopic (exact) mass is 238 g/mol. The Kier molecular flexibility index (Phi) is 3.44. The lowest BCUT2D eigenvalue weighted by molar-refractivity contribution is -0.826. The van der Waals surface area contributed by atoms with E-state index in [1.54, 1.807) is 0 Å². The average molecular weight is 238 g/mol. The third-order valence-electron chi connectivity index (χ3n) is 2.26. The summed E-state index contributed by atoms with van der Waals surface area (Å²) in [5.74, 6) is -2.49. The molecule has 1 rings (SSSR count). The van der Waals surface area contributed by atoms with Crippen LogP contribution in [0.1, 0.15) is 19.3 Å². The van der Waals surface area contributed by atoms with Crippen LogP contribution in [-0.4, -0.2) is 38.4 Å². The number of nitrogens with zero attached hydrogens (tertiary/aromatic N) is 2. The van der Waals surface area contributed by atoms with E-state index in [9.17, 15) is 30.4 Å². The molecule has 0 aromatic heterocycles. The second-order valence-electron chi connectivity index (χ2n) is 3.37. The maximum atomic E-state index is 10.1. The van der Waals surface area contributed by atoms with Crippen LogP contribution in [0.3, 0.4) is 0 Å². The zero-order valence-electron chi connectivity index (χ0n) is 8.01. The first-order valence-electron chi connectivity index (χ1n) is 4.40. The molecule has 1 saturated carbocycles. The summed E-state index contributed by atoms with van der Waals surface area (Å²) < 4.78 is 0. The predicted octanol–water partition coefficient (Wildman–Crippen LogP) is -0.995. The van der Waals surface area contributed by atoms with Crippen molar-refractivity contribution < 1.29 is 30.1 Å². The zero-order chi connectivity index (χ0) is 12.3. The van der Waals surface area contributed by atoms with Crippen molar-refractivity contribution in [2.45, 2.75) is 37.3 Å². The number of aliphatic hydroxyl groups is 2. The van der Waals surface area contributed by atoms with Gasteiger partial charge >= 0.3 is 0 Å². The van der Waals surface area contributed by atoms with Crippen LogP contribution in [0.5, 0.6) is 0 Å². The van der Waals surface area contributed by atoms with Crippen molar-refractivity contribution in [1.29, 1.82) is 0 Å². The van der Waals surface area contributed by atoms with Crippen LogP contribution in [0, 0.1) is 20.2 Å². The van der Waals surface area contributed by atoms with Gasteiger partial charge in [0.25, 0.3) is 10.2 Å². The SMILES string of the molecule is O=[N+]([O-])OC1C(O)CCCC1(O)O[N+](=O)[O-]. The van der Waals surface area contributed by atoms with Crippen LogP contribution in [0.25, 0.3) is 0 Å². The second kappa shape index (κ2) is 4.45. The van der Waals surface area contributed by atoms with Gasteiger partial charge in [0, 0.05) is 6.42 Å². The Labute approximate surface area is 88.6 Å². The van der Waals surface area contributed by atoms with Gasteiger partial charge in [-0.25, -0.2) is 0 Å². The van der Waals surface area contributed by atoms with Crippen LogP contribution >= 0.6 is 0 Å². The molecule has 10 heteroatoms. The minimum absolute atomic E-state index is 0.127. The summed E-state index contributed by atoms with van der Waals surface area (Å²) in [7, 11) is 0. The van der Waals surface area contributed by atoms with Crippen LogP contribution in [0.2, 0.25) is 0 Å². The van der Waals surface area contributed by atoms with E-state index in [0.717, 1.165) is 0 Å². The number of aliphatic hydroxyl groups excluding tert-OH is 1. The van der Waals surface area contributed by atoms with Gasteiger partial charge < -0.3 is 15.1 Å². The van der Waals surface area contributed by atoms with Crippen LogP contribution < -0.4 is 0 Å². The summed E-state index contributed by atoms with van der Waals surface area (Å²) in [6, 6.07) is 0. The van der Waals surface area contributed by atoms with Gasteiger partial charge in [0.15, 0.2) is 6.10 Å². The Morgan fingerprint density at radius 2 is 1.94 bits per heavy atom. The fourth-order valence-corrected chi connectivity index (χ4v) is 1.63. The topological polar surface area (TPSA) is 145 Å². The van der Waals surface area contributed by atoms with Crippen LogP contribution in [0.4, 0.5) is 0 Å². The molecule has 0 saturated heterocycles. The molecule has 0 aromatic rings. The normalized spacial score (nSPS) is 34.1. The van der Waals surface area contributed by atoms with Gasteiger partial charge in [-0.05, 0) is 12.8 Å². The molecule has 0 heterocycles. The lowest BCUT2D eigenvalue weighted by Gasteiger charge is -2.38. The van der Waals surface area contributed by atoms with Gasteiger partial charge in [0.1, 0.15) is 0 Å². The molecule has 0 spiro atoms. The maximum absolute atomic E-state index is 10.1. The molecule has 1 aliphatic rings. The summed E-state index contributed by atoms with van der Waals surface area (Å²) >= 11 is 0. The Morgan fingerprint density at radius 3 is 2.44 bits per heavy atom. The molecule has 2 N–H and O–H groups in total. The average Bonchev–Trinajstić information content (AvgIpc) is 2.10. The number of rotatable bonds is 4. The molecule has 0 aromatic carbocycles. The molecule has 1 aliphatic carbocycles. The summed E-state index contributed by atoms with van der Waals surface area (Å²) in [6.07, 6.45) is -3.07. The standard InChI is InChI=1S/C6H10N2O8/c9-4-2-1-3-6(10,16-8(13)14)5(4)15-7(11)12/h4-5,9-10H,1-3H2. The van der Waals surface area contributed by atoms with E-state index < -0.39 is 28.2 Å². The number of hydrogen-bond acceptors (Lipinski definition) is 8. The molecule has 3 unspecified atom stereocenters. The first-order chi connectivity index (χ1) is 7.35. The molecule has 1 fully saturated rings. The summed E-state index contributed by atoms with van der Waals surface area (Å²) in [6.45, 7) is 0. The van der Waals surface area contributed by atoms with E-state index in [4.69, 9.17) is 0 Å². The molecular formula is C6H10N2O8.